The number of nitro benzene ring substituents is 1. The molecule has 0 radical (unpaired) electrons. The van der Waals surface area contributed by atoms with E-state index < -0.39 is 4.92 Å². The molecule has 0 atom stereocenters. The Morgan fingerprint density at radius 2 is 1.74 bits per heavy atom. The average molecular weight is 473 g/mol. The summed E-state index contributed by atoms with van der Waals surface area (Å²) in [5.74, 6) is 1.18. The lowest BCUT2D eigenvalue weighted by atomic mass is 10.1. The van der Waals surface area contributed by atoms with Crippen LogP contribution in [0.15, 0.2) is 83.4 Å². The lowest BCUT2D eigenvalue weighted by molar-refractivity contribution is -0.384. The Labute approximate surface area is 202 Å². The minimum atomic E-state index is -0.472. The zero-order valence-corrected chi connectivity index (χ0v) is 19.2. The van der Waals surface area contributed by atoms with Gasteiger partial charge in [0.1, 0.15) is 5.75 Å². The first-order valence-corrected chi connectivity index (χ1v) is 11.1. The molecule has 9 heteroatoms. The number of amides is 1. The summed E-state index contributed by atoms with van der Waals surface area (Å²) in [5, 5.41) is 15.0. The van der Waals surface area contributed by atoms with Crippen molar-refractivity contribution in [3.05, 3.63) is 106 Å². The predicted molar refractivity (Wildman–Crippen MR) is 129 cm³/mol. The fraction of sp³-hybridized carbons (Fsp3) is 0.192. The third-order valence-electron chi connectivity index (χ3n) is 5.52. The highest BCUT2D eigenvalue weighted by Crippen LogP contribution is 2.22. The number of rotatable bonds is 10. The number of methoxy groups -OCH3 is 1. The Bertz CT molecular complexity index is 1290. The second-order valence-electron chi connectivity index (χ2n) is 7.83. The molecule has 0 fully saturated rings. The summed E-state index contributed by atoms with van der Waals surface area (Å²) < 4.78 is 10.6. The van der Waals surface area contributed by atoms with E-state index in [4.69, 9.17) is 9.26 Å². The first-order chi connectivity index (χ1) is 17.0. The fourth-order valence-corrected chi connectivity index (χ4v) is 3.60. The number of carbonyl (C=O) groups is 1. The zero-order valence-electron chi connectivity index (χ0n) is 19.2. The smallest absolute Gasteiger partial charge is 0.270 e. The average Bonchev–Trinajstić information content (AvgIpc) is 3.38. The van der Waals surface area contributed by atoms with Crippen LogP contribution >= 0.6 is 0 Å². The van der Waals surface area contributed by atoms with Crippen molar-refractivity contribution in [3.8, 4) is 17.1 Å². The monoisotopic (exact) mass is 472 g/mol. The van der Waals surface area contributed by atoms with Crippen LogP contribution in [0.3, 0.4) is 0 Å². The van der Waals surface area contributed by atoms with Gasteiger partial charge in [-0.3, -0.25) is 14.9 Å². The minimum Gasteiger partial charge on any atom is -0.497 e. The molecule has 3 aromatic carbocycles. The van der Waals surface area contributed by atoms with Crippen molar-refractivity contribution in [2.45, 2.75) is 12.8 Å². The van der Waals surface area contributed by atoms with Gasteiger partial charge in [0, 0.05) is 42.8 Å². The Morgan fingerprint density at radius 3 is 2.46 bits per heavy atom. The third-order valence-corrected chi connectivity index (χ3v) is 5.52. The number of hydrogen-bond donors (Lipinski definition) is 0. The molecule has 35 heavy (non-hydrogen) atoms. The number of non-ortho nitro benzene ring substituents is 1. The molecule has 178 valence electrons. The molecular weight excluding hydrogens is 448 g/mol. The van der Waals surface area contributed by atoms with E-state index in [9.17, 15) is 14.9 Å². The normalized spacial score (nSPS) is 10.7. The molecule has 1 heterocycles. The van der Waals surface area contributed by atoms with E-state index in [1.807, 2.05) is 30.3 Å². The van der Waals surface area contributed by atoms with Crippen molar-refractivity contribution in [3.63, 3.8) is 0 Å². The standard InChI is InChI=1S/C26H24N4O5/c1-34-23-12-10-20(11-13-23)26(31)29(16-14-19-6-3-2-4-7-19)17-15-24-27-25(28-35-24)21-8-5-9-22(18-21)30(32)33/h2-13,18H,14-17H2,1H3. The summed E-state index contributed by atoms with van der Waals surface area (Å²) in [6.07, 6.45) is 1.05. The molecular formula is C26H24N4O5. The van der Waals surface area contributed by atoms with Crippen molar-refractivity contribution in [1.82, 2.24) is 15.0 Å². The van der Waals surface area contributed by atoms with Crippen LogP contribution < -0.4 is 4.74 Å². The lowest BCUT2D eigenvalue weighted by Gasteiger charge is -2.22. The van der Waals surface area contributed by atoms with E-state index in [1.54, 1.807) is 48.4 Å². The predicted octanol–water partition coefficient (Wildman–Crippen LogP) is 4.58. The number of benzene rings is 3. The van der Waals surface area contributed by atoms with Crippen molar-refractivity contribution in [1.29, 1.82) is 0 Å². The van der Waals surface area contributed by atoms with Gasteiger partial charge in [0.2, 0.25) is 11.7 Å². The minimum absolute atomic E-state index is 0.0500. The van der Waals surface area contributed by atoms with Gasteiger partial charge in [-0.2, -0.15) is 4.98 Å². The maximum atomic E-state index is 13.3. The molecule has 4 aromatic rings. The highest BCUT2D eigenvalue weighted by atomic mass is 16.6. The SMILES string of the molecule is COc1ccc(C(=O)N(CCc2ccccc2)CCc2nc(-c3cccc([N+](=O)[O-])c3)no2)cc1. The van der Waals surface area contributed by atoms with Gasteiger partial charge in [-0.25, -0.2) is 0 Å². The maximum Gasteiger partial charge on any atom is 0.270 e. The first-order valence-electron chi connectivity index (χ1n) is 11.1. The summed E-state index contributed by atoms with van der Waals surface area (Å²) in [5.41, 5.74) is 2.13. The third kappa shape index (κ3) is 6.08. The van der Waals surface area contributed by atoms with E-state index >= 15 is 0 Å². The van der Waals surface area contributed by atoms with Crippen molar-refractivity contribution >= 4 is 11.6 Å². The van der Waals surface area contributed by atoms with Crippen LogP contribution in [0.5, 0.6) is 5.75 Å². The topological polar surface area (TPSA) is 112 Å². The summed E-state index contributed by atoms with van der Waals surface area (Å²) >= 11 is 0. The molecule has 4 rings (SSSR count). The summed E-state index contributed by atoms with van der Waals surface area (Å²) in [6, 6.07) is 23.0. The number of hydrogen-bond acceptors (Lipinski definition) is 7. The molecule has 0 aliphatic heterocycles. The Morgan fingerprint density at radius 1 is 1.00 bits per heavy atom. The van der Waals surface area contributed by atoms with Gasteiger partial charge in [0.25, 0.3) is 11.6 Å². The number of nitro groups is 1. The van der Waals surface area contributed by atoms with Gasteiger partial charge in [-0.15, -0.1) is 0 Å². The summed E-state index contributed by atoms with van der Waals surface area (Å²) in [4.78, 5) is 30.0. The van der Waals surface area contributed by atoms with Crippen LogP contribution in [0.25, 0.3) is 11.4 Å². The quantitative estimate of drug-likeness (QED) is 0.245. The second-order valence-corrected chi connectivity index (χ2v) is 7.83. The van der Waals surface area contributed by atoms with Gasteiger partial charge in [-0.05, 0) is 36.2 Å². The molecule has 9 nitrogen and oxygen atoms in total. The van der Waals surface area contributed by atoms with E-state index in [-0.39, 0.29) is 17.4 Å². The zero-order chi connectivity index (χ0) is 24.6. The van der Waals surface area contributed by atoms with Gasteiger partial charge in [0.15, 0.2) is 0 Å². The molecule has 0 saturated heterocycles. The van der Waals surface area contributed by atoms with Crippen LogP contribution in [-0.4, -0.2) is 46.1 Å². The maximum absolute atomic E-state index is 13.3. The number of carbonyl (C=O) groups excluding carboxylic acids is 1. The molecule has 0 saturated carbocycles. The van der Waals surface area contributed by atoms with Crippen LogP contribution in [0, 0.1) is 10.1 Å². The largest absolute Gasteiger partial charge is 0.497 e. The van der Waals surface area contributed by atoms with E-state index in [2.05, 4.69) is 10.1 Å². The van der Waals surface area contributed by atoms with E-state index in [0.29, 0.717) is 48.7 Å². The lowest BCUT2D eigenvalue weighted by Crippen LogP contribution is -2.34. The molecule has 0 spiro atoms. The fourth-order valence-electron chi connectivity index (χ4n) is 3.60. The van der Waals surface area contributed by atoms with Crippen LogP contribution in [0.2, 0.25) is 0 Å². The highest BCUT2D eigenvalue weighted by molar-refractivity contribution is 5.94. The molecule has 0 N–H and O–H groups in total. The van der Waals surface area contributed by atoms with Crippen LogP contribution in [0.4, 0.5) is 5.69 Å². The van der Waals surface area contributed by atoms with Crippen LogP contribution in [0.1, 0.15) is 21.8 Å². The van der Waals surface area contributed by atoms with Crippen molar-refractivity contribution in [2.24, 2.45) is 0 Å². The van der Waals surface area contributed by atoms with Gasteiger partial charge in [-0.1, -0.05) is 47.6 Å². The Balaban J connectivity index is 1.48. The van der Waals surface area contributed by atoms with Gasteiger partial charge >= 0.3 is 0 Å². The second kappa shape index (κ2) is 11.1. The molecule has 1 aromatic heterocycles. The molecule has 1 amide bonds. The summed E-state index contributed by atoms with van der Waals surface area (Å²) in [7, 11) is 1.58. The Kier molecular flexibility index (Phi) is 7.47. The van der Waals surface area contributed by atoms with Crippen molar-refractivity contribution < 1.29 is 19.0 Å². The summed E-state index contributed by atoms with van der Waals surface area (Å²) in [6.45, 7) is 0.884. The molecule has 0 aliphatic carbocycles. The number of ether oxygens (including phenoxy) is 1. The molecule has 0 bridgehead atoms. The van der Waals surface area contributed by atoms with Crippen molar-refractivity contribution in [2.75, 3.05) is 20.2 Å². The molecule has 0 aliphatic rings. The number of nitrogens with zero attached hydrogens (tertiary/aromatic N) is 4. The first kappa shape index (κ1) is 23.6. The number of aromatic nitrogens is 2. The highest BCUT2D eigenvalue weighted by Gasteiger charge is 2.18. The van der Waals surface area contributed by atoms with Gasteiger partial charge in [0.05, 0.1) is 12.0 Å². The van der Waals surface area contributed by atoms with E-state index in [1.165, 1.54) is 12.1 Å². The Hall–Kier alpha value is -4.53. The molecule has 0 unspecified atom stereocenters. The van der Waals surface area contributed by atoms with Gasteiger partial charge < -0.3 is 14.2 Å². The van der Waals surface area contributed by atoms with E-state index in [0.717, 1.165) is 5.56 Å². The van der Waals surface area contributed by atoms with Crippen LogP contribution in [-0.2, 0) is 12.8 Å².